The highest BCUT2D eigenvalue weighted by atomic mass is 79.9. The average Bonchev–Trinajstić information content (AvgIpc) is 2.83. The van der Waals surface area contributed by atoms with E-state index in [9.17, 15) is 0 Å². The van der Waals surface area contributed by atoms with Crippen molar-refractivity contribution in [2.45, 2.75) is 26.3 Å². The van der Waals surface area contributed by atoms with Crippen molar-refractivity contribution in [2.24, 2.45) is 0 Å². The molecule has 1 unspecified atom stereocenters. The lowest BCUT2D eigenvalue weighted by Crippen LogP contribution is -2.20. The third-order valence-electron chi connectivity index (χ3n) is 2.73. The molecule has 0 amide bonds. The fraction of sp³-hybridized carbons (Fsp3) is 0.385. The van der Waals surface area contributed by atoms with E-state index in [2.05, 4.69) is 45.2 Å². The molecule has 0 bridgehead atoms. The molecule has 2 aromatic heterocycles. The molecule has 18 heavy (non-hydrogen) atoms. The largest absolute Gasteiger partial charge is 0.309 e. The molecule has 0 aliphatic rings. The minimum Gasteiger partial charge on any atom is -0.309 e. The Balaban J connectivity index is 2.10. The summed E-state index contributed by atoms with van der Waals surface area (Å²) in [6.45, 7) is 5.30. The van der Waals surface area contributed by atoms with Crippen LogP contribution in [0.2, 0.25) is 0 Å². The van der Waals surface area contributed by atoms with Gasteiger partial charge in [0.1, 0.15) is 0 Å². The lowest BCUT2D eigenvalue weighted by atomic mass is 10.2. The first-order chi connectivity index (χ1) is 8.70. The topological polar surface area (TPSA) is 42.7 Å². The van der Waals surface area contributed by atoms with Gasteiger partial charge in [-0.1, -0.05) is 6.92 Å². The molecule has 0 radical (unpaired) electrons. The van der Waals surface area contributed by atoms with Crippen LogP contribution in [-0.2, 0) is 0 Å². The Labute approximate surface area is 116 Å². The van der Waals surface area contributed by atoms with E-state index in [1.165, 1.54) is 0 Å². The molecule has 0 aliphatic heterocycles. The molecule has 0 aromatic carbocycles. The van der Waals surface area contributed by atoms with Crippen LogP contribution in [-0.4, -0.2) is 21.3 Å². The van der Waals surface area contributed by atoms with E-state index in [1.54, 1.807) is 10.9 Å². The Hall–Kier alpha value is -1.20. The summed E-state index contributed by atoms with van der Waals surface area (Å²) in [4.78, 5) is 4.48. The first-order valence-electron chi connectivity index (χ1n) is 6.10. The highest BCUT2D eigenvalue weighted by Crippen LogP contribution is 2.14. The Morgan fingerprint density at radius 1 is 1.39 bits per heavy atom. The Morgan fingerprint density at radius 2 is 2.22 bits per heavy atom. The third kappa shape index (κ3) is 3.17. The molecule has 2 aromatic rings. The van der Waals surface area contributed by atoms with Crippen molar-refractivity contribution in [1.82, 2.24) is 20.1 Å². The van der Waals surface area contributed by atoms with Gasteiger partial charge in [-0.25, -0.2) is 4.68 Å². The lowest BCUT2D eigenvalue weighted by molar-refractivity contribution is 0.558. The van der Waals surface area contributed by atoms with Crippen molar-refractivity contribution >= 4 is 15.9 Å². The summed E-state index contributed by atoms with van der Waals surface area (Å²) in [5, 5.41) is 7.64. The second-order valence-electron chi connectivity index (χ2n) is 4.22. The molecule has 2 rings (SSSR count). The summed E-state index contributed by atoms with van der Waals surface area (Å²) in [5.74, 6) is 0. The van der Waals surface area contributed by atoms with Crippen molar-refractivity contribution in [3.63, 3.8) is 0 Å². The van der Waals surface area contributed by atoms with Crippen LogP contribution in [0.3, 0.4) is 0 Å². The van der Waals surface area contributed by atoms with Gasteiger partial charge in [0, 0.05) is 12.2 Å². The van der Waals surface area contributed by atoms with Gasteiger partial charge >= 0.3 is 0 Å². The van der Waals surface area contributed by atoms with Crippen LogP contribution in [0.25, 0.3) is 5.69 Å². The number of rotatable bonds is 5. The van der Waals surface area contributed by atoms with Gasteiger partial charge in [0.2, 0.25) is 0 Å². The molecule has 4 nitrogen and oxygen atoms in total. The average molecular weight is 309 g/mol. The zero-order chi connectivity index (χ0) is 13.0. The Morgan fingerprint density at radius 3 is 2.78 bits per heavy atom. The van der Waals surface area contributed by atoms with E-state index in [0.29, 0.717) is 0 Å². The minimum atomic E-state index is 0.281. The molecule has 0 aliphatic carbocycles. The SMILES string of the molecule is CCCNC(C)c1ccc(-n2cc(Br)cn2)cn1. The minimum absolute atomic E-state index is 0.281. The Bertz CT molecular complexity index is 492. The van der Waals surface area contributed by atoms with Crippen molar-refractivity contribution in [3.8, 4) is 5.69 Å². The summed E-state index contributed by atoms with van der Waals surface area (Å²) in [6.07, 6.45) is 6.65. The maximum Gasteiger partial charge on any atom is 0.0829 e. The molecule has 0 saturated carbocycles. The smallest absolute Gasteiger partial charge is 0.0829 e. The van der Waals surface area contributed by atoms with E-state index in [-0.39, 0.29) is 6.04 Å². The predicted octanol–water partition coefficient (Wildman–Crippen LogP) is 3.09. The fourth-order valence-electron chi connectivity index (χ4n) is 1.70. The lowest BCUT2D eigenvalue weighted by Gasteiger charge is -2.12. The number of pyridine rings is 1. The second kappa shape index (κ2) is 6.11. The van der Waals surface area contributed by atoms with Crippen LogP contribution < -0.4 is 5.32 Å². The van der Waals surface area contributed by atoms with Gasteiger partial charge in [-0.05, 0) is 48.0 Å². The monoisotopic (exact) mass is 308 g/mol. The molecule has 0 spiro atoms. The number of hydrogen-bond acceptors (Lipinski definition) is 3. The van der Waals surface area contributed by atoms with Crippen LogP contribution in [0.5, 0.6) is 0 Å². The van der Waals surface area contributed by atoms with Crippen molar-refractivity contribution in [2.75, 3.05) is 6.54 Å². The normalized spacial score (nSPS) is 12.6. The summed E-state index contributed by atoms with van der Waals surface area (Å²) in [6, 6.07) is 4.35. The predicted molar refractivity (Wildman–Crippen MR) is 75.8 cm³/mol. The molecular formula is C13H17BrN4. The maximum atomic E-state index is 4.48. The van der Waals surface area contributed by atoms with Crippen LogP contribution in [0.4, 0.5) is 0 Å². The van der Waals surface area contributed by atoms with Gasteiger partial charge < -0.3 is 5.32 Å². The number of hydrogen-bond donors (Lipinski definition) is 1. The quantitative estimate of drug-likeness (QED) is 0.923. The number of aromatic nitrogens is 3. The first kappa shape index (κ1) is 13.2. The van der Waals surface area contributed by atoms with E-state index in [4.69, 9.17) is 0 Å². The Kier molecular flexibility index (Phi) is 4.49. The van der Waals surface area contributed by atoms with Crippen molar-refractivity contribution in [1.29, 1.82) is 0 Å². The highest BCUT2D eigenvalue weighted by Gasteiger charge is 2.06. The summed E-state index contributed by atoms with van der Waals surface area (Å²) in [5.41, 5.74) is 2.02. The molecular weight excluding hydrogens is 292 g/mol. The number of halogens is 1. The van der Waals surface area contributed by atoms with Crippen LogP contribution in [0.15, 0.2) is 35.2 Å². The zero-order valence-corrected chi connectivity index (χ0v) is 12.2. The molecule has 1 atom stereocenters. The van der Waals surface area contributed by atoms with Crippen LogP contribution in [0, 0.1) is 0 Å². The van der Waals surface area contributed by atoms with Crippen molar-refractivity contribution < 1.29 is 0 Å². The zero-order valence-electron chi connectivity index (χ0n) is 10.6. The van der Waals surface area contributed by atoms with Gasteiger partial charge in [0.25, 0.3) is 0 Å². The van der Waals surface area contributed by atoms with Gasteiger partial charge in [0.15, 0.2) is 0 Å². The third-order valence-corrected chi connectivity index (χ3v) is 3.14. The first-order valence-corrected chi connectivity index (χ1v) is 6.90. The van der Waals surface area contributed by atoms with E-state index in [1.807, 2.05) is 24.5 Å². The van der Waals surface area contributed by atoms with Crippen LogP contribution >= 0.6 is 15.9 Å². The molecule has 96 valence electrons. The van der Waals surface area contributed by atoms with Gasteiger partial charge in [-0.3, -0.25) is 4.98 Å². The number of nitrogens with zero attached hydrogens (tertiary/aromatic N) is 3. The fourth-order valence-corrected chi connectivity index (χ4v) is 1.98. The van der Waals surface area contributed by atoms with Gasteiger partial charge in [-0.2, -0.15) is 5.10 Å². The molecule has 5 heteroatoms. The second-order valence-corrected chi connectivity index (χ2v) is 5.14. The van der Waals surface area contributed by atoms with Crippen LogP contribution in [0.1, 0.15) is 32.0 Å². The maximum absolute atomic E-state index is 4.48. The molecule has 2 heterocycles. The van der Waals surface area contributed by atoms with E-state index in [0.717, 1.165) is 28.8 Å². The van der Waals surface area contributed by atoms with Gasteiger partial charge in [0.05, 0.1) is 28.2 Å². The van der Waals surface area contributed by atoms with Crippen molar-refractivity contribution in [3.05, 3.63) is 40.9 Å². The summed E-state index contributed by atoms with van der Waals surface area (Å²) in [7, 11) is 0. The molecule has 1 N–H and O–H groups in total. The number of nitrogens with one attached hydrogen (secondary N) is 1. The highest BCUT2D eigenvalue weighted by molar-refractivity contribution is 9.10. The van der Waals surface area contributed by atoms with E-state index < -0.39 is 0 Å². The standard InChI is InChI=1S/C13H17BrN4/c1-3-6-15-10(2)13-5-4-12(8-16-13)18-9-11(14)7-17-18/h4-5,7-10,15H,3,6H2,1-2H3. The van der Waals surface area contributed by atoms with E-state index >= 15 is 0 Å². The molecule has 0 saturated heterocycles. The summed E-state index contributed by atoms with van der Waals surface area (Å²) >= 11 is 3.38. The summed E-state index contributed by atoms with van der Waals surface area (Å²) < 4.78 is 2.76. The van der Waals surface area contributed by atoms with Gasteiger partial charge in [-0.15, -0.1) is 0 Å². The molecule has 0 fully saturated rings.